The van der Waals surface area contributed by atoms with Gasteiger partial charge in [-0.1, -0.05) is 0 Å². The maximum absolute atomic E-state index is 13.5. The Kier molecular flexibility index (Phi) is 8.54. The van der Waals surface area contributed by atoms with Crippen LogP contribution in [0.4, 0.5) is 0 Å². The molecule has 0 spiro atoms. The third-order valence-corrected chi connectivity index (χ3v) is 7.22. The van der Waals surface area contributed by atoms with Gasteiger partial charge in [-0.15, -0.1) is 0 Å². The summed E-state index contributed by atoms with van der Waals surface area (Å²) in [5.74, 6) is -2.41. The van der Waals surface area contributed by atoms with Gasteiger partial charge in [0.2, 0.25) is 15.9 Å². The molecule has 2 atom stereocenters. The average Bonchev–Trinajstić information content (AvgIpc) is 2.77. The molecule has 1 saturated heterocycles. The van der Waals surface area contributed by atoms with E-state index in [1.807, 2.05) is 0 Å². The van der Waals surface area contributed by atoms with Crippen LogP contribution in [0.1, 0.15) is 40.5 Å². The normalized spacial score (nSPS) is 19.5. The molecular formula is C20H28N2O8S. The van der Waals surface area contributed by atoms with Crippen molar-refractivity contribution in [2.24, 2.45) is 5.92 Å². The van der Waals surface area contributed by atoms with Crippen LogP contribution in [-0.2, 0) is 29.0 Å². The molecule has 1 fully saturated rings. The van der Waals surface area contributed by atoms with E-state index < -0.39 is 33.9 Å². The summed E-state index contributed by atoms with van der Waals surface area (Å²) in [5, 5.41) is 2.73. The molecule has 10 nitrogen and oxygen atoms in total. The SMILES string of the molecule is COCCNC(=O)[C@H]1CC[C@H](C)N(S(=O)(=O)c2cc(C(=O)OC)ccc2C(=O)OC)C1. The predicted molar refractivity (Wildman–Crippen MR) is 110 cm³/mol. The number of carbonyl (C=O) groups excluding carboxylic acids is 3. The van der Waals surface area contributed by atoms with E-state index in [1.54, 1.807) is 6.92 Å². The third-order valence-electron chi connectivity index (χ3n) is 5.20. The first-order chi connectivity index (χ1) is 14.7. The van der Waals surface area contributed by atoms with Gasteiger partial charge in [-0.05, 0) is 38.0 Å². The van der Waals surface area contributed by atoms with Crippen molar-refractivity contribution in [2.75, 3.05) is 41.0 Å². The van der Waals surface area contributed by atoms with Crippen molar-refractivity contribution in [1.82, 2.24) is 9.62 Å². The fourth-order valence-corrected chi connectivity index (χ4v) is 5.34. The first kappa shape index (κ1) is 24.8. The number of methoxy groups -OCH3 is 3. The Morgan fingerprint density at radius 3 is 2.39 bits per heavy atom. The van der Waals surface area contributed by atoms with Crippen molar-refractivity contribution in [3.05, 3.63) is 29.3 Å². The standard InChI is InChI=1S/C20H28N2O8S/c1-13-5-6-15(18(23)21-9-10-28-2)12-22(13)31(26,27)17-11-14(19(24)29-3)7-8-16(17)20(25)30-4/h7-8,11,13,15H,5-6,9-10,12H2,1-4H3,(H,21,23)/t13-,15-/m0/s1. The Hall–Kier alpha value is -2.50. The minimum absolute atomic E-state index is 0.0211. The molecule has 31 heavy (non-hydrogen) atoms. The van der Waals surface area contributed by atoms with Crippen molar-refractivity contribution in [3.8, 4) is 0 Å². The minimum atomic E-state index is -4.23. The maximum atomic E-state index is 13.5. The lowest BCUT2D eigenvalue weighted by molar-refractivity contribution is -0.126. The third kappa shape index (κ3) is 5.60. The second-order valence-electron chi connectivity index (χ2n) is 7.18. The molecule has 1 N–H and O–H groups in total. The predicted octanol–water partition coefficient (Wildman–Crippen LogP) is 0.812. The number of nitrogens with zero attached hydrogens (tertiary/aromatic N) is 1. The fourth-order valence-electron chi connectivity index (χ4n) is 3.43. The average molecular weight is 457 g/mol. The van der Waals surface area contributed by atoms with Gasteiger partial charge in [0.15, 0.2) is 0 Å². The van der Waals surface area contributed by atoms with Gasteiger partial charge < -0.3 is 19.5 Å². The molecule has 1 heterocycles. The van der Waals surface area contributed by atoms with Gasteiger partial charge in [-0.2, -0.15) is 4.31 Å². The van der Waals surface area contributed by atoms with Gasteiger partial charge >= 0.3 is 11.9 Å². The smallest absolute Gasteiger partial charge is 0.339 e. The summed E-state index contributed by atoms with van der Waals surface area (Å²) in [4.78, 5) is 36.3. The van der Waals surface area contributed by atoms with E-state index in [2.05, 4.69) is 10.1 Å². The van der Waals surface area contributed by atoms with E-state index in [0.29, 0.717) is 26.0 Å². The van der Waals surface area contributed by atoms with Crippen LogP contribution in [0.5, 0.6) is 0 Å². The maximum Gasteiger partial charge on any atom is 0.339 e. The van der Waals surface area contributed by atoms with Crippen LogP contribution in [-0.4, -0.2) is 77.6 Å². The molecule has 1 aliphatic heterocycles. The summed E-state index contributed by atoms with van der Waals surface area (Å²) in [5.41, 5.74) is -0.221. The molecule has 1 amide bonds. The zero-order valence-electron chi connectivity index (χ0n) is 18.0. The lowest BCUT2D eigenvalue weighted by Gasteiger charge is -2.36. The first-order valence-corrected chi connectivity index (χ1v) is 11.2. The Bertz CT molecular complexity index is 931. The van der Waals surface area contributed by atoms with Gasteiger partial charge in [0.25, 0.3) is 0 Å². The topological polar surface area (TPSA) is 128 Å². The molecule has 2 rings (SSSR count). The highest BCUT2D eigenvalue weighted by Gasteiger charge is 2.39. The number of hydrogen-bond acceptors (Lipinski definition) is 8. The molecule has 11 heteroatoms. The number of hydrogen-bond donors (Lipinski definition) is 1. The van der Waals surface area contributed by atoms with Gasteiger partial charge in [0, 0.05) is 26.2 Å². The Balaban J connectivity index is 2.42. The van der Waals surface area contributed by atoms with Crippen molar-refractivity contribution in [1.29, 1.82) is 0 Å². The summed E-state index contributed by atoms with van der Waals surface area (Å²) in [7, 11) is -0.408. The highest BCUT2D eigenvalue weighted by Crippen LogP contribution is 2.31. The molecule has 0 aliphatic carbocycles. The number of rotatable bonds is 8. The largest absolute Gasteiger partial charge is 0.465 e. The molecule has 1 aliphatic rings. The molecular weight excluding hydrogens is 428 g/mol. The molecule has 0 bridgehead atoms. The quantitative estimate of drug-likeness (QED) is 0.450. The summed E-state index contributed by atoms with van der Waals surface area (Å²) in [6.45, 7) is 2.35. The van der Waals surface area contributed by atoms with E-state index >= 15 is 0 Å². The zero-order chi connectivity index (χ0) is 23.2. The molecule has 0 unspecified atom stereocenters. The Labute approximate surface area is 181 Å². The molecule has 1 aromatic rings. The lowest BCUT2D eigenvalue weighted by atomic mass is 9.95. The molecule has 0 saturated carbocycles. The highest BCUT2D eigenvalue weighted by molar-refractivity contribution is 7.89. The fraction of sp³-hybridized carbons (Fsp3) is 0.550. The van der Waals surface area contributed by atoms with Crippen LogP contribution in [0.2, 0.25) is 0 Å². The number of nitrogens with one attached hydrogen (secondary N) is 1. The van der Waals surface area contributed by atoms with Crippen LogP contribution < -0.4 is 5.32 Å². The van der Waals surface area contributed by atoms with Crippen molar-refractivity contribution >= 4 is 27.9 Å². The number of ether oxygens (including phenoxy) is 3. The van der Waals surface area contributed by atoms with Gasteiger partial charge in [-0.25, -0.2) is 18.0 Å². The summed E-state index contributed by atoms with van der Waals surface area (Å²) < 4.78 is 42.6. The number of benzene rings is 1. The monoisotopic (exact) mass is 456 g/mol. The van der Waals surface area contributed by atoms with Crippen molar-refractivity contribution < 1.29 is 37.0 Å². The summed E-state index contributed by atoms with van der Waals surface area (Å²) >= 11 is 0. The number of sulfonamides is 1. The van der Waals surface area contributed by atoms with E-state index in [4.69, 9.17) is 9.47 Å². The van der Waals surface area contributed by atoms with Crippen molar-refractivity contribution in [3.63, 3.8) is 0 Å². The van der Waals surface area contributed by atoms with E-state index in [0.717, 1.165) is 13.2 Å². The number of carbonyl (C=O) groups is 3. The van der Waals surface area contributed by atoms with Gasteiger partial charge in [-0.3, -0.25) is 4.79 Å². The van der Waals surface area contributed by atoms with Gasteiger partial charge in [0.05, 0.1) is 42.8 Å². The minimum Gasteiger partial charge on any atom is -0.465 e. The van der Waals surface area contributed by atoms with Crippen LogP contribution >= 0.6 is 0 Å². The van der Waals surface area contributed by atoms with E-state index in [1.165, 1.54) is 30.7 Å². The summed E-state index contributed by atoms with van der Waals surface area (Å²) in [6.07, 6.45) is 0.990. The molecule has 0 radical (unpaired) electrons. The van der Waals surface area contributed by atoms with Crippen LogP contribution in [0.3, 0.4) is 0 Å². The molecule has 1 aromatic carbocycles. The second-order valence-corrected chi connectivity index (χ2v) is 9.03. The zero-order valence-corrected chi connectivity index (χ0v) is 18.9. The van der Waals surface area contributed by atoms with Crippen LogP contribution in [0.25, 0.3) is 0 Å². The highest BCUT2D eigenvalue weighted by atomic mass is 32.2. The number of amides is 1. The molecule has 172 valence electrons. The van der Waals surface area contributed by atoms with Crippen LogP contribution in [0.15, 0.2) is 23.1 Å². The molecule has 0 aromatic heterocycles. The summed E-state index contributed by atoms with van der Waals surface area (Å²) in [6, 6.07) is 3.21. The van der Waals surface area contributed by atoms with E-state index in [-0.39, 0.29) is 28.5 Å². The lowest BCUT2D eigenvalue weighted by Crippen LogP contribution is -2.49. The Morgan fingerprint density at radius 1 is 1.10 bits per heavy atom. The number of piperidine rings is 1. The first-order valence-electron chi connectivity index (χ1n) is 9.76. The van der Waals surface area contributed by atoms with E-state index in [9.17, 15) is 22.8 Å². The van der Waals surface area contributed by atoms with Gasteiger partial charge in [0.1, 0.15) is 0 Å². The number of esters is 2. The Morgan fingerprint density at radius 2 is 1.77 bits per heavy atom. The van der Waals surface area contributed by atoms with Crippen LogP contribution in [0, 0.1) is 5.92 Å². The second kappa shape index (κ2) is 10.7. The van der Waals surface area contributed by atoms with Crippen molar-refractivity contribution in [2.45, 2.75) is 30.7 Å².